The van der Waals surface area contributed by atoms with E-state index in [1.807, 2.05) is 0 Å². The Labute approximate surface area is 121 Å². The van der Waals surface area contributed by atoms with Gasteiger partial charge in [-0.1, -0.05) is 30.3 Å². The van der Waals surface area contributed by atoms with Crippen molar-refractivity contribution in [3.8, 4) is 0 Å². The Hall–Kier alpha value is -0.940. The van der Waals surface area contributed by atoms with Crippen molar-refractivity contribution in [2.45, 2.75) is 31.3 Å². The van der Waals surface area contributed by atoms with Crippen LogP contribution in [0.3, 0.4) is 0 Å². The fourth-order valence-electron chi connectivity index (χ4n) is 2.75. The predicted octanol–water partition coefficient (Wildman–Crippen LogP) is 0.636. The Morgan fingerprint density at radius 3 is 2.35 bits per heavy atom. The number of nitrogens with one attached hydrogen (secondary N) is 1. The highest BCUT2D eigenvalue weighted by Gasteiger charge is 2.20. The molecule has 0 spiro atoms. The molecule has 1 saturated heterocycles. The number of aliphatic hydroxyl groups excluding tert-OH is 2. The third kappa shape index (κ3) is 4.87. The van der Waals surface area contributed by atoms with E-state index < -0.39 is 0 Å². The summed E-state index contributed by atoms with van der Waals surface area (Å²) in [5, 5.41) is 21.5. The standard InChI is InChI=1S/C16H26N2O2/c19-12-16(13-20)17-15-7-10-18(11-8-15)9-6-14-4-2-1-3-5-14/h1-5,15-17,19-20H,6-13H2. The van der Waals surface area contributed by atoms with Crippen molar-refractivity contribution in [2.24, 2.45) is 0 Å². The number of likely N-dealkylation sites (tertiary alicyclic amines) is 1. The largest absolute Gasteiger partial charge is 0.395 e. The monoisotopic (exact) mass is 278 g/mol. The summed E-state index contributed by atoms with van der Waals surface area (Å²) in [5.41, 5.74) is 1.40. The Morgan fingerprint density at radius 2 is 1.75 bits per heavy atom. The first-order valence-corrected chi connectivity index (χ1v) is 7.56. The molecule has 1 fully saturated rings. The van der Waals surface area contributed by atoms with Gasteiger partial charge in [-0.3, -0.25) is 0 Å². The summed E-state index contributed by atoms with van der Waals surface area (Å²) in [6, 6.07) is 10.9. The molecule has 0 unspecified atom stereocenters. The Bertz CT molecular complexity index is 360. The smallest absolute Gasteiger partial charge is 0.0607 e. The molecule has 0 bridgehead atoms. The van der Waals surface area contributed by atoms with Crippen LogP contribution in [0.4, 0.5) is 0 Å². The van der Waals surface area contributed by atoms with Gasteiger partial charge >= 0.3 is 0 Å². The van der Waals surface area contributed by atoms with Crippen molar-refractivity contribution in [1.82, 2.24) is 10.2 Å². The molecule has 112 valence electrons. The van der Waals surface area contributed by atoms with Crippen molar-refractivity contribution >= 4 is 0 Å². The predicted molar refractivity (Wildman–Crippen MR) is 80.7 cm³/mol. The van der Waals surface area contributed by atoms with Gasteiger partial charge < -0.3 is 20.4 Å². The molecule has 4 heteroatoms. The molecule has 4 nitrogen and oxygen atoms in total. The highest BCUT2D eigenvalue weighted by molar-refractivity contribution is 5.14. The Morgan fingerprint density at radius 1 is 1.10 bits per heavy atom. The van der Waals surface area contributed by atoms with Crippen LogP contribution >= 0.6 is 0 Å². The van der Waals surface area contributed by atoms with Crippen LogP contribution in [0.15, 0.2) is 30.3 Å². The van der Waals surface area contributed by atoms with E-state index in [1.54, 1.807) is 0 Å². The normalized spacial score (nSPS) is 17.8. The highest BCUT2D eigenvalue weighted by Crippen LogP contribution is 2.12. The maximum Gasteiger partial charge on any atom is 0.0607 e. The summed E-state index contributed by atoms with van der Waals surface area (Å²) in [7, 11) is 0. The fraction of sp³-hybridized carbons (Fsp3) is 0.625. The van der Waals surface area contributed by atoms with Gasteiger partial charge in [0.15, 0.2) is 0 Å². The second kappa shape index (κ2) is 8.37. The topological polar surface area (TPSA) is 55.7 Å². The molecule has 1 aromatic carbocycles. The average molecular weight is 278 g/mol. The molecule has 0 aromatic heterocycles. The van der Waals surface area contributed by atoms with Crippen molar-refractivity contribution in [1.29, 1.82) is 0 Å². The van der Waals surface area contributed by atoms with Gasteiger partial charge in [-0.05, 0) is 37.9 Å². The summed E-state index contributed by atoms with van der Waals surface area (Å²) in [6.07, 6.45) is 3.28. The summed E-state index contributed by atoms with van der Waals surface area (Å²) >= 11 is 0. The van der Waals surface area contributed by atoms with Gasteiger partial charge in [-0.2, -0.15) is 0 Å². The molecule has 1 aromatic rings. The quantitative estimate of drug-likeness (QED) is 0.685. The van der Waals surface area contributed by atoms with Gasteiger partial charge in [-0.25, -0.2) is 0 Å². The van der Waals surface area contributed by atoms with Gasteiger partial charge in [0.25, 0.3) is 0 Å². The van der Waals surface area contributed by atoms with Crippen molar-refractivity contribution < 1.29 is 10.2 Å². The second-order valence-electron chi connectivity index (χ2n) is 5.58. The lowest BCUT2D eigenvalue weighted by atomic mass is 10.0. The van der Waals surface area contributed by atoms with Crippen LogP contribution in [0.2, 0.25) is 0 Å². The molecule has 3 N–H and O–H groups in total. The zero-order chi connectivity index (χ0) is 14.2. The molecule has 20 heavy (non-hydrogen) atoms. The zero-order valence-electron chi connectivity index (χ0n) is 12.0. The Kier molecular flexibility index (Phi) is 6.47. The number of aliphatic hydroxyl groups is 2. The Balaban J connectivity index is 1.66. The molecule has 1 aliphatic rings. The number of nitrogens with zero attached hydrogens (tertiary/aromatic N) is 1. The lowest BCUT2D eigenvalue weighted by Crippen LogP contribution is -2.48. The fourth-order valence-corrected chi connectivity index (χ4v) is 2.75. The van der Waals surface area contributed by atoms with E-state index in [-0.39, 0.29) is 19.3 Å². The van der Waals surface area contributed by atoms with Crippen molar-refractivity contribution in [3.05, 3.63) is 35.9 Å². The molecule has 1 aliphatic heterocycles. The number of rotatable bonds is 7. The van der Waals surface area contributed by atoms with Gasteiger partial charge in [-0.15, -0.1) is 0 Å². The van der Waals surface area contributed by atoms with Crippen molar-refractivity contribution in [3.63, 3.8) is 0 Å². The van der Waals surface area contributed by atoms with Crippen molar-refractivity contribution in [2.75, 3.05) is 32.8 Å². The van der Waals surface area contributed by atoms with E-state index in [9.17, 15) is 0 Å². The van der Waals surface area contributed by atoms with E-state index in [0.29, 0.717) is 6.04 Å². The summed E-state index contributed by atoms with van der Waals surface area (Å²) in [6.45, 7) is 3.30. The molecule has 0 atom stereocenters. The molecule has 0 aliphatic carbocycles. The first-order valence-electron chi connectivity index (χ1n) is 7.56. The van der Waals surface area contributed by atoms with E-state index >= 15 is 0 Å². The molecular weight excluding hydrogens is 252 g/mol. The number of hydrogen-bond acceptors (Lipinski definition) is 4. The summed E-state index contributed by atoms with van der Waals surface area (Å²) < 4.78 is 0. The van der Waals surface area contributed by atoms with Crippen LogP contribution in [0.25, 0.3) is 0 Å². The highest BCUT2D eigenvalue weighted by atomic mass is 16.3. The minimum absolute atomic E-state index is 0.00468. The first kappa shape index (κ1) is 15.4. The summed E-state index contributed by atoms with van der Waals surface area (Å²) in [4.78, 5) is 2.50. The molecule has 0 saturated carbocycles. The average Bonchev–Trinajstić information content (AvgIpc) is 2.53. The van der Waals surface area contributed by atoms with Gasteiger partial charge in [0.2, 0.25) is 0 Å². The van der Waals surface area contributed by atoms with E-state index in [2.05, 4.69) is 40.5 Å². The van der Waals surface area contributed by atoms with E-state index in [4.69, 9.17) is 10.2 Å². The third-order valence-corrected chi connectivity index (χ3v) is 4.06. The maximum absolute atomic E-state index is 9.09. The van der Waals surface area contributed by atoms with Gasteiger partial charge in [0, 0.05) is 12.6 Å². The van der Waals surface area contributed by atoms with Crippen LogP contribution in [0.5, 0.6) is 0 Å². The van der Waals surface area contributed by atoms with Crippen LogP contribution in [0, 0.1) is 0 Å². The second-order valence-corrected chi connectivity index (χ2v) is 5.58. The van der Waals surface area contributed by atoms with Crippen LogP contribution in [0.1, 0.15) is 18.4 Å². The number of benzene rings is 1. The molecule has 0 radical (unpaired) electrons. The first-order chi connectivity index (χ1) is 9.81. The lowest BCUT2D eigenvalue weighted by Gasteiger charge is -2.34. The molecule has 2 rings (SSSR count). The SMILES string of the molecule is OCC(CO)NC1CCN(CCc2ccccc2)CC1. The maximum atomic E-state index is 9.09. The lowest BCUT2D eigenvalue weighted by molar-refractivity contribution is 0.137. The number of piperidine rings is 1. The minimum Gasteiger partial charge on any atom is -0.395 e. The van der Waals surface area contributed by atoms with Gasteiger partial charge in [0.05, 0.1) is 19.3 Å². The summed E-state index contributed by atoms with van der Waals surface area (Å²) in [5.74, 6) is 0. The minimum atomic E-state index is -0.170. The van der Waals surface area contributed by atoms with Crippen LogP contribution in [-0.4, -0.2) is 60.0 Å². The number of hydrogen-bond donors (Lipinski definition) is 3. The third-order valence-electron chi connectivity index (χ3n) is 4.06. The van der Waals surface area contributed by atoms with Crippen LogP contribution in [-0.2, 0) is 6.42 Å². The zero-order valence-corrected chi connectivity index (χ0v) is 12.0. The van der Waals surface area contributed by atoms with Gasteiger partial charge in [0.1, 0.15) is 0 Å². The van der Waals surface area contributed by atoms with E-state index in [1.165, 1.54) is 5.56 Å². The molecule has 1 heterocycles. The molecular formula is C16H26N2O2. The van der Waals surface area contributed by atoms with E-state index in [0.717, 1.165) is 38.9 Å². The molecule has 0 amide bonds. The van der Waals surface area contributed by atoms with Crippen LogP contribution < -0.4 is 5.32 Å².